The lowest BCUT2D eigenvalue weighted by Gasteiger charge is -2.41. The van der Waals surface area contributed by atoms with E-state index in [4.69, 9.17) is 10.5 Å². The number of ether oxygens (including phenoxy) is 1. The second-order valence-electron chi connectivity index (χ2n) is 8.87. The van der Waals surface area contributed by atoms with Crippen molar-refractivity contribution in [1.29, 1.82) is 0 Å². The molecule has 4 N–H and O–H groups in total. The zero-order valence-corrected chi connectivity index (χ0v) is 21.4. The van der Waals surface area contributed by atoms with Crippen LogP contribution in [0.2, 0.25) is 0 Å². The summed E-state index contributed by atoms with van der Waals surface area (Å²) >= 11 is 0. The van der Waals surface area contributed by atoms with Crippen LogP contribution in [0, 0.1) is 10.1 Å². The van der Waals surface area contributed by atoms with Gasteiger partial charge in [-0.05, 0) is 38.2 Å². The normalized spacial score (nSPS) is 23.1. The number of hydrazone groups is 1. The summed E-state index contributed by atoms with van der Waals surface area (Å²) in [6, 6.07) is 7.16. The van der Waals surface area contributed by atoms with Crippen molar-refractivity contribution < 1.29 is 27.8 Å². The standard InChI is InChI=1S/C22H33N7O7S/c1-2-36-21-18(11-7-13-28(21)22(23)25-29(32)33)24-19(30)14-27-12-6-10-17(20(27)31)26-37(34,35)15-16-8-4-3-5-9-16/h3-5,8-9,17-18,21,26H,2,6-7,10-15H2,1H3,(H2,23,25)(H,24,30)/t17-,18-,21?/m0/s1. The highest BCUT2D eigenvalue weighted by Crippen LogP contribution is 2.20. The molecule has 2 aliphatic heterocycles. The Hall–Kier alpha value is -3.30. The van der Waals surface area contributed by atoms with Crippen LogP contribution in [0.4, 0.5) is 0 Å². The topological polar surface area (TPSA) is 190 Å². The summed E-state index contributed by atoms with van der Waals surface area (Å²) in [5.41, 5.74) is 6.38. The molecule has 1 aromatic rings. The molecule has 3 atom stereocenters. The number of sulfonamides is 1. The second-order valence-corrected chi connectivity index (χ2v) is 10.6. The second kappa shape index (κ2) is 12.8. The number of nitrogens with zero attached hydrogens (tertiary/aromatic N) is 4. The summed E-state index contributed by atoms with van der Waals surface area (Å²) in [5, 5.41) is 15.9. The van der Waals surface area contributed by atoms with E-state index in [-0.39, 0.29) is 24.9 Å². The Morgan fingerprint density at radius 3 is 2.62 bits per heavy atom. The lowest BCUT2D eigenvalue weighted by Crippen LogP contribution is -2.61. The molecule has 0 aromatic heterocycles. The fraction of sp³-hybridized carbons (Fsp3) is 0.591. The van der Waals surface area contributed by atoms with Crippen molar-refractivity contribution >= 4 is 27.8 Å². The van der Waals surface area contributed by atoms with Gasteiger partial charge in [-0.15, -0.1) is 0 Å². The van der Waals surface area contributed by atoms with Crippen LogP contribution < -0.4 is 15.8 Å². The molecule has 0 spiro atoms. The minimum Gasteiger partial charge on any atom is -0.364 e. The van der Waals surface area contributed by atoms with Crippen LogP contribution in [0.1, 0.15) is 38.2 Å². The number of hydrogen-bond donors (Lipinski definition) is 3. The number of guanidine groups is 1. The Morgan fingerprint density at radius 1 is 1.24 bits per heavy atom. The maximum absolute atomic E-state index is 13.0. The summed E-state index contributed by atoms with van der Waals surface area (Å²) in [5.74, 6) is -1.49. The molecular formula is C22H33N7O7S. The molecule has 2 fully saturated rings. The van der Waals surface area contributed by atoms with Crippen LogP contribution in [0.5, 0.6) is 0 Å². The molecule has 2 heterocycles. The smallest absolute Gasteiger partial charge is 0.270 e. The first-order valence-corrected chi connectivity index (χ1v) is 13.7. The van der Waals surface area contributed by atoms with Gasteiger partial charge in [0.05, 0.1) is 18.3 Å². The highest BCUT2D eigenvalue weighted by atomic mass is 32.2. The van der Waals surface area contributed by atoms with Gasteiger partial charge >= 0.3 is 0 Å². The van der Waals surface area contributed by atoms with Crippen molar-refractivity contribution in [2.24, 2.45) is 10.8 Å². The van der Waals surface area contributed by atoms with Gasteiger partial charge in [-0.3, -0.25) is 9.59 Å². The zero-order chi connectivity index (χ0) is 27.0. The van der Waals surface area contributed by atoms with Crippen molar-refractivity contribution in [3.8, 4) is 0 Å². The van der Waals surface area contributed by atoms with Gasteiger partial charge in [-0.25, -0.2) is 23.3 Å². The van der Waals surface area contributed by atoms with Crippen LogP contribution in [0.15, 0.2) is 35.4 Å². The third-order valence-electron chi connectivity index (χ3n) is 6.11. The van der Waals surface area contributed by atoms with Crippen LogP contribution >= 0.6 is 0 Å². The number of hydrogen-bond acceptors (Lipinski definition) is 7. The highest BCUT2D eigenvalue weighted by Gasteiger charge is 2.37. The highest BCUT2D eigenvalue weighted by molar-refractivity contribution is 7.88. The quantitative estimate of drug-likeness (QED) is 0.153. The average Bonchev–Trinajstić information content (AvgIpc) is 2.82. The van der Waals surface area contributed by atoms with E-state index in [0.29, 0.717) is 44.3 Å². The molecule has 2 saturated heterocycles. The molecule has 1 aromatic carbocycles. The van der Waals surface area contributed by atoms with E-state index in [2.05, 4.69) is 15.1 Å². The Kier molecular flexibility index (Phi) is 9.77. The van der Waals surface area contributed by atoms with E-state index in [0.717, 1.165) is 0 Å². The zero-order valence-electron chi connectivity index (χ0n) is 20.6. The molecular weight excluding hydrogens is 506 g/mol. The first-order chi connectivity index (χ1) is 17.6. The Balaban J connectivity index is 1.60. The molecule has 37 heavy (non-hydrogen) atoms. The van der Waals surface area contributed by atoms with Crippen LogP contribution in [0.3, 0.4) is 0 Å². The van der Waals surface area contributed by atoms with Gasteiger partial charge in [0, 0.05) is 19.7 Å². The number of amides is 2. The number of nitrogens with one attached hydrogen (secondary N) is 2. The monoisotopic (exact) mass is 539 g/mol. The Morgan fingerprint density at radius 2 is 1.95 bits per heavy atom. The van der Waals surface area contributed by atoms with Gasteiger partial charge < -0.3 is 25.6 Å². The molecule has 2 amide bonds. The molecule has 0 aliphatic carbocycles. The molecule has 2 aliphatic rings. The number of likely N-dealkylation sites (tertiary alicyclic amines) is 2. The summed E-state index contributed by atoms with van der Waals surface area (Å²) in [6.07, 6.45) is 1.22. The Labute approximate surface area is 215 Å². The van der Waals surface area contributed by atoms with Gasteiger partial charge in [0.15, 0.2) is 11.3 Å². The molecule has 15 heteroatoms. The third-order valence-corrected chi connectivity index (χ3v) is 7.47. The largest absolute Gasteiger partial charge is 0.364 e. The summed E-state index contributed by atoms with van der Waals surface area (Å²) < 4.78 is 33.4. The van der Waals surface area contributed by atoms with Crippen LogP contribution in [0.25, 0.3) is 0 Å². The van der Waals surface area contributed by atoms with E-state index in [1.165, 1.54) is 9.80 Å². The predicted molar refractivity (Wildman–Crippen MR) is 134 cm³/mol. The van der Waals surface area contributed by atoms with Crippen LogP contribution in [-0.2, 0) is 30.1 Å². The fourth-order valence-corrected chi connectivity index (χ4v) is 5.93. The maximum atomic E-state index is 13.0. The molecule has 204 valence electrons. The molecule has 14 nitrogen and oxygen atoms in total. The SMILES string of the molecule is CCOC1[C@@H](NC(=O)CN2CCC[C@H](NS(=O)(=O)Cc3ccccc3)C2=O)CCCN1/C(N)=N/[N+](=O)[O-]. The molecule has 0 radical (unpaired) electrons. The van der Waals surface area contributed by atoms with Crippen molar-refractivity contribution in [2.45, 2.75) is 56.7 Å². The fourth-order valence-electron chi connectivity index (χ4n) is 4.56. The summed E-state index contributed by atoms with van der Waals surface area (Å²) in [4.78, 5) is 39.4. The summed E-state index contributed by atoms with van der Waals surface area (Å²) in [6.45, 7) is 2.45. The summed E-state index contributed by atoms with van der Waals surface area (Å²) in [7, 11) is -3.77. The number of rotatable bonds is 10. The van der Waals surface area contributed by atoms with Crippen LogP contribution in [-0.4, -0.2) is 85.6 Å². The van der Waals surface area contributed by atoms with E-state index in [9.17, 15) is 28.1 Å². The predicted octanol–water partition coefficient (Wildman–Crippen LogP) is -0.453. The van der Waals surface area contributed by atoms with E-state index in [1.54, 1.807) is 37.3 Å². The Bertz CT molecular complexity index is 1100. The van der Waals surface area contributed by atoms with Crippen molar-refractivity contribution in [2.75, 3.05) is 26.2 Å². The first kappa shape index (κ1) is 28.3. The number of nitrogens with two attached hydrogens (primary N) is 1. The first-order valence-electron chi connectivity index (χ1n) is 12.1. The van der Waals surface area contributed by atoms with Gasteiger partial charge in [-0.1, -0.05) is 30.3 Å². The van der Waals surface area contributed by atoms with Gasteiger partial charge in [0.1, 0.15) is 11.1 Å². The molecule has 0 bridgehead atoms. The van der Waals surface area contributed by atoms with Gasteiger partial charge in [0.25, 0.3) is 5.96 Å². The van der Waals surface area contributed by atoms with Crippen molar-refractivity contribution in [3.63, 3.8) is 0 Å². The number of carbonyl (C=O) groups excluding carboxylic acids is 2. The lowest BCUT2D eigenvalue weighted by atomic mass is 10.0. The number of piperidine rings is 2. The lowest BCUT2D eigenvalue weighted by molar-refractivity contribution is -0.486. The van der Waals surface area contributed by atoms with Crippen molar-refractivity contribution in [3.05, 3.63) is 46.0 Å². The molecule has 3 rings (SSSR count). The minimum atomic E-state index is -3.77. The average molecular weight is 540 g/mol. The third kappa shape index (κ3) is 8.10. The number of carbonyl (C=O) groups is 2. The molecule has 1 unspecified atom stereocenters. The van der Waals surface area contributed by atoms with E-state index < -0.39 is 45.2 Å². The minimum absolute atomic E-state index is 0.252. The number of benzene rings is 1. The number of nitro groups is 1. The van der Waals surface area contributed by atoms with E-state index in [1.807, 2.05) is 0 Å². The van der Waals surface area contributed by atoms with E-state index >= 15 is 0 Å². The molecule has 0 saturated carbocycles. The van der Waals surface area contributed by atoms with Gasteiger partial charge in [-0.2, -0.15) is 0 Å². The maximum Gasteiger partial charge on any atom is 0.270 e. The van der Waals surface area contributed by atoms with Crippen molar-refractivity contribution in [1.82, 2.24) is 19.8 Å². The van der Waals surface area contributed by atoms with Gasteiger partial charge in [0.2, 0.25) is 21.8 Å².